The Morgan fingerprint density at radius 3 is 2.71 bits per heavy atom. The van der Waals surface area contributed by atoms with Crippen LogP contribution in [0, 0.1) is 17.6 Å². The standard InChI is InChI=1S/C17H26F2N2/c1-3-20-16(14-8-5-9-15(18)17(14)19)10-11-21(2)12-13-6-4-7-13/h5,8-9,13,16,20H,3-4,6-7,10-12H2,1-2H3. The zero-order chi connectivity index (χ0) is 15.2. The summed E-state index contributed by atoms with van der Waals surface area (Å²) >= 11 is 0. The molecule has 0 bridgehead atoms. The second-order valence-corrected chi connectivity index (χ2v) is 6.10. The smallest absolute Gasteiger partial charge is 0.163 e. The van der Waals surface area contributed by atoms with E-state index < -0.39 is 11.6 Å². The number of hydrogen-bond donors (Lipinski definition) is 1. The van der Waals surface area contributed by atoms with Crippen LogP contribution in [-0.4, -0.2) is 31.6 Å². The lowest BCUT2D eigenvalue weighted by Crippen LogP contribution is -2.32. The molecule has 1 atom stereocenters. The van der Waals surface area contributed by atoms with Gasteiger partial charge in [0.05, 0.1) is 0 Å². The molecule has 0 radical (unpaired) electrons. The SMILES string of the molecule is CCNC(CCN(C)CC1CCC1)c1cccc(F)c1F. The number of hydrogen-bond acceptors (Lipinski definition) is 2. The number of rotatable bonds is 8. The highest BCUT2D eigenvalue weighted by atomic mass is 19.2. The van der Waals surface area contributed by atoms with Crippen molar-refractivity contribution in [3.8, 4) is 0 Å². The summed E-state index contributed by atoms with van der Waals surface area (Å²) in [4.78, 5) is 2.31. The van der Waals surface area contributed by atoms with E-state index in [2.05, 4.69) is 17.3 Å². The fourth-order valence-electron chi connectivity index (χ4n) is 2.96. The highest BCUT2D eigenvalue weighted by molar-refractivity contribution is 5.22. The molecule has 2 nitrogen and oxygen atoms in total. The van der Waals surface area contributed by atoms with E-state index in [1.165, 1.54) is 25.3 Å². The molecule has 1 N–H and O–H groups in total. The quantitative estimate of drug-likeness (QED) is 0.786. The summed E-state index contributed by atoms with van der Waals surface area (Å²) in [6.07, 6.45) is 4.81. The van der Waals surface area contributed by atoms with E-state index in [0.717, 1.165) is 32.0 Å². The Kier molecular flexibility index (Phi) is 6.12. The molecule has 0 aliphatic heterocycles. The lowest BCUT2D eigenvalue weighted by molar-refractivity contribution is 0.198. The largest absolute Gasteiger partial charge is 0.310 e. The topological polar surface area (TPSA) is 15.3 Å². The van der Waals surface area contributed by atoms with Crippen molar-refractivity contribution in [2.75, 3.05) is 26.7 Å². The minimum atomic E-state index is -0.766. The minimum Gasteiger partial charge on any atom is -0.310 e. The monoisotopic (exact) mass is 296 g/mol. The van der Waals surface area contributed by atoms with Crippen LogP contribution in [0.15, 0.2) is 18.2 Å². The Labute approximate surface area is 126 Å². The molecule has 1 aliphatic carbocycles. The van der Waals surface area contributed by atoms with Crippen molar-refractivity contribution in [3.05, 3.63) is 35.4 Å². The summed E-state index contributed by atoms with van der Waals surface area (Å²) in [5.74, 6) is -0.651. The molecule has 118 valence electrons. The third-order valence-corrected chi connectivity index (χ3v) is 4.40. The maximum Gasteiger partial charge on any atom is 0.163 e. The Bertz CT molecular complexity index is 446. The fraction of sp³-hybridized carbons (Fsp3) is 0.647. The van der Waals surface area contributed by atoms with Crippen LogP contribution in [-0.2, 0) is 0 Å². The molecule has 1 fully saturated rings. The molecular formula is C17H26F2N2. The lowest BCUT2D eigenvalue weighted by Gasteiger charge is -2.31. The van der Waals surface area contributed by atoms with Crippen LogP contribution in [0.25, 0.3) is 0 Å². The maximum atomic E-state index is 13.9. The second kappa shape index (κ2) is 7.85. The van der Waals surface area contributed by atoms with Gasteiger partial charge < -0.3 is 10.2 Å². The zero-order valence-corrected chi connectivity index (χ0v) is 13.0. The second-order valence-electron chi connectivity index (χ2n) is 6.10. The van der Waals surface area contributed by atoms with Gasteiger partial charge in [-0.15, -0.1) is 0 Å². The molecule has 0 heterocycles. The molecule has 1 aromatic carbocycles. The van der Waals surface area contributed by atoms with E-state index in [1.807, 2.05) is 6.92 Å². The van der Waals surface area contributed by atoms with Gasteiger partial charge in [-0.1, -0.05) is 25.5 Å². The molecule has 0 amide bonds. The summed E-state index contributed by atoms with van der Waals surface area (Å²) in [7, 11) is 2.11. The zero-order valence-electron chi connectivity index (χ0n) is 13.0. The van der Waals surface area contributed by atoms with E-state index in [0.29, 0.717) is 5.56 Å². The summed E-state index contributed by atoms with van der Waals surface area (Å²) < 4.78 is 27.3. The van der Waals surface area contributed by atoms with Gasteiger partial charge in [0.15, 0.2) is 11.6 Å². The van der Waals surface area contributed by atoms with Crippen molar-refractivity contribution in [1.29, 1.82) is 0 Å². The van der Waals surface area contributed by atoms with Crippen LogP contribution in [0.2, 0.25) is 0 Å². The van der Waals surface area contributed by atoms with Gasteiger partial charge >= 0.3 is 0 Å². The van der Waals surface area contributed by atoms with E-state index in [4.69, 9.17) is 0 Å². The molecule has 0 saturated heterocycles. The summed E-state index contributed by atoms with van der Waals surface area (Å²) in [6.45, 7) is 4.74. The van der Waals surface area contributed by atoms with Gasteiger partial charge in [0.25, 0.3) is 0 Å². The van der Waals surface area contributed by atoms with Crippen LogP contribution >= 0.6 is 0 Å². The van der Waals surface area contributed by atoms with Gasteiger partial charge in [-0.25, -0.2) is 8.78 Å². The summed E-state index contributed by atoms with van der Waals surface area (Å²) in [6, 6.07) is 4.30. The van der Waals surface area contributed by atoms with E-state index in [9.17, 15) is 8.78 Å². The van der Waals surface area contributed by atoms with Crippen LogP contribution in [0.1, 0.15) is 44.2 Å². The highest BCUT2D eigenvalue weighted by Crippen LogP contribution is 2.27. The fourth-order valence-corrected chi connectivity index (χ4v) is 2.96. The molecule has 1 aliphatic rings. The van der Waals surface area contributed by atoms with E-state index in [-0.39, 0.29) is 6.04 Å². The van der Waals surface area contributed by atoms with Crippen molar-refractivity contribution < 1.29 is 8.78 Å². The predicted molar refractivity (Wildman–Crippen MR) is 82.2 cm³/mol. The predicted octanol–water partition coefficient (Wildman–Crippen LogP) is 3.74. The number of benzene rings is 1. The van der Waals surface area contributed by atoms with E-state index >= 15 is 0 Å². The first-order valence-electron chi connectivity index (χ1n) is 7.97. The maximum absolute atomic E-state index is 13.9. The number of halogens is 2. The average molecular weight is 296 g/mol. The Morgan fingerprint density at radius 2 is 2.10 bits per heavy atom. The van der Waals surface area contributed by atoms with Crippen molar-refractivity contribution in [1.82, 2.24) is 10.2 Å². The van der Waals surface area contributed by atoms with Gasteiger partial charge in [-0.2, -0.15) is 0 Å². The Hall–Kier alpha value is -1.00. The summed E-state index contributed by atoms with van der Waals surface area (Å²) in [5.41, 5.74) is 0.439. The first kappa shape index (κ1) is 16.4. The molecule has 1 aromatic rings. The first-order valence-corrected chi connectivity index (χ1v) is 7.97. The van der Waals surface area contributed by atoms with Gasteiger partial charge in [0.2, 0.25) is 0 Å². The molecular weight excluding hydrogens is 270 g/mol. The molecule has 1 unspecified atom stereocenters. The highest BCUT2D eigenvalue weighted by Gasteiger charge is 2.21. The van der Waals surface area contributed by atoms with Crippen molar-refractivity contribution in [2.45, 2.75) is 38.6 Å². The molecule has 0 spiro atoms. The van der Waals surface area contributed by atoms with Gasteiger partial charge in [-0.05, 0) is 51.4 Å². The van der Waals surface area contributed by atoms with Crippen LogP contribution in [0.5, 0.6) is 0 Å². The number of nitrogens with zero attached hydrogens (tertiary/aromatic N) is 1. The third kappa shape index (κ3) is 4.48. The van der Waals surface area contributed by atoms with E-state index in [1.54, 1.807) is 12.1 Å². The van der Waals surface area contributed by atoms with Gasteiger partial charge in [0.1, 0.15) is 0 Å². The minimum absolute atomic E-state index is 0.130. The average Bonchev–Trinajstić information content (AvgIpc) is 2.42. The lowest BCUT2D eigenvalue weighted by atomic mass is 9.85. The van der Waals surface area contributed by atoms with Gasteiger partial charge in [0, 0.05) is 18.2 Å². The van der Waals surface area contributed by atoms with Crippen molar-refractivity contribution >= 4 is 0 Å². The molecule has 0 aromatic heterocycles. The molecule has 4 heteroatoms. The Morgan fingerprint density at radius 1 is 1.33 bits per heavy atom. The van der Waals surface area contributed by atoms with Crippen molar-refractivity contribution in [3.63, 3.8) is 0 Å². The first-order chi connectivity index (χ1) is 10.1. The normalized spacial score (nSPS) is 17.0. The molecule has 21 heavy (non-hydrogen) atoms. The van der Waals surface area contributed by atoms with Crippen LogP contribution < -0.4 is 5.32 Å². The molecule has 2 rings (SSSR count). The molecule has 1 saturated carbocycles. The Balaban J connectivity index is 1.93. The number of nitrogens with one attached hydrogen (secondary N) is 1. The van der Waals surface area contributed by atoms with Crippen LogP contribution in [0.4, 0.5) is 8.78 Å². The summed E-state index contributed by atoms with van der Waals surface area (Å²) in [5, 5.41) is 3.27. The van der Waals surface area contributed by atoms with Crippen LogP contribution in [0.3, 0.4) is 0 Å². The van der Waals surface area contributed by atoms with Crippen molar-refractivity contribution in [2.24, 2.45) is 5.92 Å². The third-order valence-electron chi connectivity index (χ3n) is 4.40. The van der Waals surface area contributed by atoms with Gasteiger partial charge in [-0.3, -0.25) is 0 Å².